The fourth-order valence-corrected chi connectivity index (χ4v) is 3.66. The molecular formula is C17H13F2N5O4S. The molecule has 3 aromatic heterocycles. The summed E-state index contributed by atoms with van der Waals surface area (Å²) in [7, 11) is -2.99. The summed E-state index contributed by atoms with van der Waals surface area (Å²) in [6, 6.07) is 5.14. The molecule has 150 valence electrons. The summed E-state index contributed by atoms with van der Waals surface area (Å²) in [5.41, 5.74) is 0.229. The van der Waals surface area contributed by atoms with E-state index in [-0.39, 0.29) is 12.1 Å². The molecule has 0 saturated carbocycles. The first-order valence-corrected chi connectivity index (χ1v) is 9.67. The van der Waals surface area contributed by atoms with Gasteiger partial charge >= 0.3 is 5.69 Å². The van der Waals surface area contributed by atoms with Gasteiger partial charge in [0.25, 0.3) is 0 Å². The van der Waals surface area contributed by atoms with Gasteiger partial charge in [0.2, 0.25) is 15.9 Å². The molecule has 12 heteroatoms. The molecule has 4 rings (SSSR count). The number of primary sulfonamides is 1. The summed E-state index contributed by atoms with van der Waals surface area (Å²) in [6.45, 7) is -0.363. The van der Waals surface area contributed by atoms with E-state index in [0.717, 1.165) is 12.1 Å². The zero-order valence-electron chi connectivity index (χ0n) is 14.8. The first-order valence-electron chi connectivity index (χ1n) is 8.12. The molecular weight excluding hydrogens is 408 g/mol. The molecule has 3 heterocycles. The topological polar surface area (TPSA) is 133 Å². The minimum Gasteiger partial charge on any atom is -0.481 e. The highest BCUT2D eigenvalue weighted by Crippen LogP contribution is 2.25. The number of hydrogen-bond acceptors (Lipinski definition) is 6. The normalized spacial score (nSPS) is 12.0. The fraction of sp³-hybridized carbons (Fsp3) is 0.118. The number of imidazole rings is 1. The molecule has 0 unspecified atom stereocenters. The number of methoxy groups -OCH3 is 1. The standard InChI is InChI=1S/C17H13F2N5O4S/c1-28-12-5-3-9-15-10(6-21-16(9)23-12)22-17(25)24(15)7-8-2-4-11(29(20,26)27)14(19)13(8)18/h2-6H,7H2,1H3,(H,22,25)(H2,20,26,27). The maximum atomic E-state index is 14.5. The summed E-state index contributed by atoms with van der Waals surface area (Å²) in [6.07, 6.45) is 1.39. The van der Waals surface area contributed by atoms with Gasteiger partial charge < -0.3 is 9.72 Å². The number of benzene rings is 1. The number of nitrogens with zero attached hydrogens (tertiary/aromatic N) is 3. The summed E-state index contributed by atoms with van der Waals surface area (Å²) >= 11 is 0. The molecule has 0 bridgehead atoms. The van der Waals surface area contributed by atoms with Crippen LogP contribution in [-0.4, -0.2) is 35.0 Å². The van der Waals surface area contributed by atoms with E-state index in [0.29, 0.717) is 27.9 Å². The molecule has 1 aromatic carbocycles. The van der Waals surface area contributed by atoms with Crippen LogP contribution in [0.4, 0.5) is 8.78 Å². The van der Waals surface area contributed by atoms with Gasteiger partial charge in [-0.1, -0.05) is 6.07 Å². The van der Waals surface area contributed by atoms with Crippen molar-refractivity contribution in [1.82, 2.24) is 19.5 Å². The number of sulfonamides is 1. The van der Waals surface area contributed by atoms with Crippen LogP contribution in [0.2, 0.25) is 0 Å². The number of ether oxygens (including phenoxy) is 1. The third-order valence-corrected chi connectivity index (χ3v) is 5.33. The molecule has 0 spiro atoms. The third-order valence-electron chi connectivity index (χ3n) is 4.40. The maximum absolute atomic E-state index is 14.5. The molecule has 9 nitrogen and oxygen atoms in total. The Morgan fingerprint density at radius 1 is 1.21 bits per heavy atom. The quantitative estimate of drug-likeness (QED) is 0.510. The predicted octanol–water partition coefficient (Wildman–Crippen LogP) is 1.26. The molecule has 0 amide bonds. The monoisotopic (exact) mass is 421 g/mol. The number of halogens is 2. The molecule has 3 N–H and O–H groups in total. The molecule has 0 aliphatic heterocycles. The summed E-state index contributed by atoms with van der Waals surface area (Å²) in [4.78, 5) is 22.4. The van der Waals surface area contributed by atoms with Crippen LogP contribution in [0.25, 0.3) is 22.1 Å². The van der Waals surface area contributed by atoms with E-state index in [1.165, 1.54) is 17.9 Å². The van der Waals surface area contributed by atoms with Crippen molar-refractivity contribution in [1.29, 1.82) is 0 Å². The highest BCUT2D eigenvalue weighted by Gasteiger charge is 2.22. The van der Waals surface area contributed by atoms with Crippen molar-refractivity contribution in [3.05, 3.63) is 58.1 Å². The van der Waals surface area contributed by atoms with Crippen LogP contribution >= 0.6 is 0 Å². The predicted molar refractivity (Wildman–Crippen MR) is 99.0 cm³/mol. The minimum atomic E-state index is -4.43. The number of nitrogens with one attached hydrogen (secondary N) is 1. The molecule has 29 heavy (non-hydrogen) atoms. The highest BCUT2D eigenvalue weighted by atomic mass is 32.2. The average Bonchev–Trinajstić information content (AvgIpc) is 2.99. The van der Waals surface area contributed by atoms with Crippen molar-refractivity contribution in [2.24, 2.45) is 5.14 Å². The number of pyridine rings is 2. The van der Waals surface area contributed by atoms with Crippen molar-refractivity contribution in [3.8, 4) is 5.88 Å². The minimum absolute atomic E-state index is 0.232. The Labute approximate surface area is 161 Å². The second-order valence-corrected chi connectivity index (χ2v) is 7.69. The fourth-order valence-electron chi connectivity index (χ4n) is 3.06. The lowest BCUT2D eigenvalue weighted by Crippen LogP contribution is -2.20. The van der Waals surface area contributed by atoms with Gasteiger partial charge in [-0.3, -0.25) is 4.57 Å². The Morgan fingerprint density at radius 3 is 2.66 bits per heavy atom. The largest absolute Gasteiger partial charge is 0.481 e. The molecule has 0 radical (unpaired) electrons. The van der Waals surface area contributed by atoms with E-state index >= 15 is 0 Å². The molecule has 0 aliphatic rings. The van der Waals surface area contributed by atoms with E-state index in [1.807, 2.05) is 0 Å². The first-order chi connectivity index (χ1) is 13.7. The van der Waals surface area contributed by atoms with E-state index in [1.54, 1.807) is 12.1 Å². The van der Waals surface area contributed by atoms with E-state index in [2.05, 4.69) is 15.0 Å². The number of rotatable bonds is 4. The lowest BCUT2D eigenvalue weighted by atomic mass is 10.2. The van der Waals surface area contributed by atoms with Crippen LogP contribution in [0, 0.1) is 11.6 Å². The summed E-state index contributed by atoms with van der Waals surface area (Å²) in [5, 5.41) is 5.37. The van der Waals surface area contributed by atoms with Crippen molar-refractivity contribution >= 4 is 32.1 Å². The molecule has 0 fully saturated rings. The van der Waals surface area contributed by atoms with Crippen molar-refractivity contribution in [2.75, 3.05) is 7.11 Å². The zero-order valence-corrected chi connectivity index (χ0v) is 15.6. The zero-order chi connectivity index (χ0) is 20.9. The van der Waals surface area contributed by atoms with E-state index in [9.17, 15) is 22.0 Å². The molecule has 4 aromatic rings. The Morgan fingerprint density at radius 2 is 1.97 bits per heavy atom. The SMILES string of the molecule is COc1ccc2c(ncc3[nH]c(=O)n(Cc4ccc(S(N)(=O)=O)c(F)c4F)c32)n1. The highest BCUT2D eigenvalue weighted by molar-refractivity contribution is 7.89. The van der Waals surface area contributed by atoms with Gasteiger partial charge in [-0.05, 0) is 12.1 Å². The number of H-pyrrole nitrogens is 1. The molecule has 0 atom stereocenters. The van der Waals surface area contributed by atoms with Crippen LogP contribution in [0.3, 0.4) is 0 Å². The van der Waals surface area contributed by atoms with Gasteiger partial charge in [0.1, 0.15) is 4.90 Å². The smallest absolute Gasteiger partial charge is 0.326 e. The summed E-state index contributed by atoms with van der Waals surface area (Å²) < 4.78 is 57.6. The maximum Gasteiger partial charge on any atom is 0.326 e. The Kier molecular flexibility index (Phi) is 4.31. The van der Waals surface area contributed by atoms with Crippen LogP contribution in [-0.2, 0) is 16.6 Å². The number of hydrogen-bond donors (Lipinski definition) is 2. The van der Waals surface area contributed by atoms with Gasteiger partial charge in [0.15, 0.2) is 17.3 Å². The number of fused-ring (bicyclic) bond motifs is 3. The lowest BCUT2D eigenvalue weighted by Gasteiger charge is -2.09. The first kappa shape index (κ1) is 19.0. The summed E-state index contributed by atoms with van der Waals surface area (Å²) in [5.74, 6) is -2.69. The second kappa shape index (κ2) is 6.60. The molecule has 0 aliphatic carbocycles. The van der Waals surface area contributed by atoms with Gasteiger partial charge in [-0.15, -0.1) is 0 Å². The van der Waals surface area contributed by atoms with Gasteiger partial charge in [0.05, 0.1) is 30.9 Å². The number of nitrogens with two attached hydrogens (primary N) is 1. The second-order valence-electron chi connectivity index (χ2n) is 6.16. The Bertz CT molecular complexity index is 1450. The third kappa shape index (κ3) is 3.11. The Balaban J connectivity index is 1.91. The van der Waals surface area contributed by atoms with Crippen molar-refractivity contribution in [3.63, 3.8) is 0 Å². The van der Waals surface area contributed by atoms with E-state index < -0.39 is 32.2 Å². The van der Waals surface area contributed by atoms with Crippen molar-refractivity contribution in [2.45, 2.75) is 11.4 Å². The van der Waals surface area contributed by atoms with Crippen LogP contribution in [0.15, 0.2) is 40.2 Å². The lowest BCUT2D eigenvalue weighted by molar-refractivity contribution is 0.399. The van der Waals surface area contributed by atoms with Crippen LogP contribution in [0.1, 0.15) is 5.56 Å². The number of aromatic amines is 1. The van der Waals surface area contributed by atoms with Crippen LogP contribution < -0.4 is 15.6 Å². The van der Waals surface area contributed by atoms with Crippen LogP contribution in [0.5, 0.6) is 5.88 Å². The molecule has 0 saturated heterocycles. The van der Waals surface area contributed by atoms with Crippen molar-refractivity contribution < 1.29 is 21.9 Å². The van der Waals surface area contributed by atoms with Gasteiger partial charge in [0, 0.05) is 17.0 Å². The Hall–Kier alpha value is -3.38. The van der Waals surface area contributed by atoms with Gasteiger partial charge in [-0.25, -0.2) is 32.1 Å². The van der Waals surface area contributed by atoms with Gasteiger partial charge in [-0.2, -0.15) is 4.98 Å². The van der Waals surface area contributed by atoms with E-state index in [4.69, 9.17) is 9.88 Å². The average molecular weight is 421 g/mol. The number of aromatic nitrogens is 4.